The van der Waals surface area contributed by atoms with E-state index >= 15 is 0 Å². The van der Waals surface area contributed by atoms with Crippen LogP contribution < -0.4 is 20.3 Å². The van der Waals surface area contributed by atoms with Crippen LogP contribution in [0.1, 0.15) is 12.8 Å². The molecule has 2 N–H and O–H groups in total. The van der Waals surface area contributed by atoms with E-state index in [2.05, 4.69) is 20.6 Å². The van der Waals surface area contributed by atoms with Gasteiger partial charge in [0.15, 0.2) is 11.3 Å². The number of ether oxygens (including phenoxy) is 1. The molecule has 0 radical (unpaired) electrons. The van der Waals surface area contributed by atoms with Crippen molar-refractivity contribution in [3.63, 3.8) is 0 Å². The van der Waals surface area contributed by atoms with Crippen molar-refractivity contribution in [2.24, 2.45) is 0 Å². The first kappa shape index (κ1) is 23.3. The Kier molecular flexibility index (Phi) is 5.60. The van der Waals surface area contributed by atoms with Crippen LogP contribution in [0.15, 0.2) is 77.5 Å². The topological polar surface area (TPSA) is 127 Å². The highest BCUT2D eigenvalue weighted by molar-refractivity contribution is 6.24. The minimum atomic E-state index is -1.48. The van der Waals surface area contributed by atoms with E-state index in [1.54, 1.807) is 59.6 Å². The van der Waals surface area contributed by atoms with E-state index in [4.69, 9.17) is 9.15 Å². The van der Waals surface area contributed by atoms with E-state index in [1.165, 1.54) is 18.3 Å². The first-order chi connectivity index (χ1) is 18.4. The van der Waals surface area contributed by atoms with Crippen molar-refractivity contribution in [1.82, 2.24) is 20.6 Å². The second-order valence-electron chi connectivity index (χ2n) is 8.87. The summed E-state index contributed by atoms with van der Waals surface area (Å²) < 4.78 is 24.8. The van der Waals surface area contributed by atoms with E-state index < -0.39 is 23.4 Å². The Morgan fingerprint density at radius 3 is 2.26 bits per heavy atom. The molecule has 4 amide bonds. The molecule has 190 valence electrons. The summed E-state index contributed by atoms with van der Waals surface area (Å²) in [6.45, 7) is 0.460. The fourth-order valence-electron chi connectivity index (χ4n) is 4.72. The molecular formula is C27H20FN5O5. The van der Waals surface area contributed by atoms with E-state index in [9.17, 15) is 18.8 Å². The van der Waals surface area contributed by atoms with Crippen LogP contribution in [0, 0.1) is 5.82 Å². The third-order valence-electron chi connectivity index (χ3n) is 6.58. The molecule has 2 saturated heterocycles. The number of hydrogen-bond acceptors (Lipinski definition) is 8. The summed E-state index contributed by atoms with van der Waals surface area (Å²) in [5, 5.41) is 4.39. The Bertz CT molecular complexity index is 1510. The molecule has 2 aromatic heterocycles. The maximum absolute atomic E-state index is 13.2. The third-order valence-corrected chi connectivity index (χ3v) is 6.58. The van der Waals surface area contributed by atoms with Gasteiger partial charge >= 0.3 is 6.03 Å². The van der Waals surface area contributed by atoms with E-state index in [0.29, 0.717) is 48.4 Å². The van der Waals surface area contributed by atoms with Crippen molar-refractivity contribution >= 4 is 23.5 Å². The molecule has 2 aliphatic rings. The standard InChI is InChI=1S/C27H20FN5O5/c28-18-6-2-16(3-7-18)21-15-30-23(38-21)17-4-9-20(10-5-17)37-22-11-8-19(14-29-22)33-13-1-12-27(33)24(34)31-26(36)32-25(27)35/h2-11,14-15H,1,12-13H2,(H2,31,32,34,35,36). The summed E-state index contributed by atoms with van der Waals surface area (Å²) in [7, 11) is 0. The highest BCUT2D eigenvalue weighted by Crippen LogP contribution is 2.36. The number of halogens is 1. The molecule has 4 aromatic rings. The number of carbonyl (C=O) groups excluding carboxylic acids is 3. The number of amides is 4. The lowest BCUT2D eigenvalue weighted by molar-refractivity contribution is -0.137. The second-order valence-corrected chi connectivity index (χ2v) is 8.87. The number of nitrogens with one attached hydrogen (secondary N) is 2. The summed E-state index contributed by atoms with van der Waals surface area (Å²) in [4.78, 5) is 47.1. The molecule has 0 aliphatic carbocycles. The van der Waals surface area contributed by atoms with Crippen LogP contribution in [0.4, 0.5) is 14.9 Å². The van der Waals surface area contributed by atoms with Gasteiger partial charge in [-0.15, -0.1) is 0 Å². The largest absolute Gasteiger partial charge is 0.439 e. The Labute approximate surface area is 215 Å². The first-order valence-corrected chi connectivity index (χ1v) is 11.8. The van der Waals surface area contributed by atoms with Crippen molar-refractivity contribution in [1.29, 1.82) is 0 Å². The average molecular weight is 513 g/mol. The van der Waals surface area contributed by atoms with E-state index in [0.717, 1.165) is 11.1 Å². The minimum Gasteiger partial charge on any atom is -0.439 e. The quantitative estimate of drug-likeness (QED) is 0.383. The number of imide groups is 2. The summed E-state index contributed by atoms with van der Waals surface area (Å²) in [6, 6.07) is 15.6. The molecule has 10 nitrogen and oxygen atoms in total. The molecular weight excluding hydrogens is 493 g/mol. The van der Waals surface area contributed by atoms with Crippen molar-refractivity contribution in [3.8, 4) is 34.4 Å². The molecule has 0 atom stereocenters. The summed E-state index contributed by atoms with van der Waals surface area (Å²) >= 11 is 0. The first-order valence-electron chi connectivity index (χ1n) is 11.8. The number of benzene rings is 2. The fourth-order valence-corrected chi connectivity index (χ4v) is 4.72. The molecule has 2 fully saturated rings. The summed E-state index contributed by atoms with van der Waals surface area (Å²) in [5.74, 6) is 0.183. The van der Waals surface area contributed by atoms with Crippen LogP contribution in [0.2, 0.25) is 0 Å². The van der Waals surface area contributed by atoms with E-state index in [1.807, 2.05) is 0 Å². The van der Waals surface area contributed by atoms with Crippen molar-refractivity contribution in [3.05, 3.63) is 78.9 Å². The minimum absolute atomic E-state index is 0.290. The van der Waals surface area contributed by atoms with Crippen LogP contribution in [-0.2, 0) is 9.59 Å². The second kappa shape index (κ2) is 9.11. The molecule has 4 heterocycles. The number of rotatable bonds is 5. The molecule has 38 heavy (non-hydrogen) atoms. The molecule has 2 aromatic carbocycles. The molecule has 0 bridgehead atoms. The number of nitrogens with zero attached hydrogens (tertiary/aromatic N) is 3. The number of urea groups is 1. The third kappa shape index (κ3) is 4.03. The predicted octanol–water partition coefficient (Wildman–Crippen LogP) is 4.04. The van der Waals surface area contributed by atoms with Gasteiger partial charge in [0.25, 0.3) is 11.8 Å². The zero-order chi connectivity index (χ0) is 26.3. The number of aromatic nitrogens is 2. The number of oxazole rings is 1. The van der Waals surface area contributed by atoms with Crippen molar-refractivity contribution in [2.75, 3.05) is 11.4 Å². The van der Waals surface area contributed by atoms with Crippen LogP contribution in [0.5, 0.6) is 11.6 Å². The average Bonchev–Trinajstić information content (AvgIpc) is 3.58. The lowest BCUT2D eigenvalue weighted by Gasteiger charge is -2.38. The number of barbiturate groups is 1. The summed E-state index contributed by atoms with van der Waals surface area (Å²) in [6.07, 6.45) is 4.01. The molecule has 11 heteroatoms. The van der Waals surface area contributed by atoms with Crippen LogP contribution in [0.3, 0.4) is 0 Å². The normalized spacial score (nSPS) is 16.4. The zero-order valence-corrected chi connectivity index (χ0v) is 19.8. The molecule has 2 aliphatic heterocycles. The Morgan fingerprint density at radius 2 is 1.58 bits per heavy atom. The van der Waals surface area contributed by atoms with Gasteiger partial charge in [-0.1, -0.05) is 0 Å². The Hall–Kier alpha value is -5.06. The SMILES string of the molecule is O=C1NC(=O)C2(CCCN2c2ccc(Oc3ccc(-c4ncc(-c5ccc(F)cc5)o4)cc3)nc2)C(=O)N1. The van der Waals surface area contributed by atoms with Gasteiger partial charge in [-0.2, -0.15) is 0 Å². The zero-order valence-electron chi connectivity index (χ0n) is 19.8. The Balaban J connectivity index is 1.15. The van der Waals surface area contributed by atoms with Crippen LogP contribution in [-0.4, -0.2) is 39.9 Å². The van der Waals surface area contributed by atoms with Gasteiger partial charge in [0.05, 0.1) is 18.1 Å². The maximum atomic E-state index is 13.2. The van der Waals surface area contributed by atoms with Crippen molar-refractivity contribution in [2.45, 2.75) is 18.4 Å². The van der Waals surface area contributed by atoms with Gasteiger partial charge < -0.3 is 14.1 Å². The monoisotopic (exact) mass is 513 g/mol. The van der Waals surface area contributed by atoms with Gasteiger partial charge in [-0.05, 0) is 67.4 Å². The summed E-state index contributed by atoms with van der Waals surface area (Å²) in [5.41, 5.74) is 0.531. The number of hydrogen-bond donors (Lipinski definition) is 2. The van der Waals surface area contributed by atoms with Gasteiger partial charge in [-0.25, -0.2) is 19.2 Å². The molecule has 0 saturated carbocycles. The van der Waals surface area contributed by atoms with Crippen molar-refractivity contribution < 1.29 is 27.9 Å². The lowest BCUT2D eigenvalue weighted by atomic mass is 9.92. The lowest BCUT2D eigenvalue weighted by Crippen LogP contribution is -2.71. The molecule has 0 unspecified atom stereocenters. The predicted molar refractivity (Wildman–Crippen MR) is 133 cm³/mol. The molecule has 6 rings (SSSR count). The van der Waals surface area contributed by atoms with E-state index in [-0.39, 0.29) is 5.82 Å². The van der Waals surface area contributed by atoms with Gasteiger partial charge in [0, 0.05) is 23.7 Å². The van der Waals surface area contributed by atoms with Crippen LogP contribution >= 0.6 is 0 Å². The van der Waals surface area contributed by atoms with Crippen LogP contribution in [0.25, 0.3) is 22.8 Å². The fraction of sp³-hybridized carbons (Fsp3) is 0.148. The Morgan fingerprint density at radius 1 is 0.868 bits per heavy atom. The van der Waals surface area contributed by atoms with Gasteiger partial charge in [0.2, 0.25) is 11.8 Å². The number of anilines is 1. The molecule has 1 spiro atoms. The van der Waals surface area contributed by atoms with Gasteiger partial charge in [-0.3, -0.25) is 20.2 Å². The van der Waals surface area contributed by atoms with Gasteiger partial charge in [0.1, 0.15) is 11.6 Å². The smallest absolute Gasteiger partial charge is 0.328 e. The number of carbonyl (C=O) groups is 3. The maximum Gasteiger partial charge on any atom is 0.328 e. The highest BCUT2D eigenvalue weighted by atomic mass is 19.1. The highest BCUT2D eigenvalue weighted by Gasteiger charge is 2.57. The number of pyridine rings is 1.